The van der Waals surface area contributed by atoms with Gasteiger partial charge < -0.3 is 10.2 Å². The van der Waals surface area contributed by atoms with Crippen molar-refractivity contribution >= 4 is 28.8 Å². The average Bonchev–Trinajstić information content (AvgIpc) is 2.96. The SMILES string of the molecule is Cc1nnc(-c2cccc(Nc3ncc(C)c(N(C)C)n3)c2)s1. The zero-order valence-corrected chi connectivity index (χ0v) is 14.3. The van der Waals surface area contributed by atoms with Gasteiger partial charge in [-0.25, -0.2) is 4.98 Å². The highest BCUT2D eigenvalue weighted by atomic mass is 32.1. The lowest BCUT2D eigenvalue weighted by Gasteiger charge is -2.15. The quantitative estimate of drug-likeness (QED) is 0.792. The molecule has 3 aromatic rings. The van der Waals surface area contributed by atoms with Crippen LogP contribution < -0.4 is 10.2 Å². The van der Waals surface area contributed by atoms with Crippen LogP contribution in [0.25, 0.3) is 10.6 Å². The monoisotopic (exact) mass is 326 g/mol. The van der Waals surface area contributed by atoms with E-state index in [1.165, 1.54) is 0 Å². The minimum Gasteiger partial charge on any atom is -0.362 e. The van der Waals surface area contributed by atoms with Gasteiger partial charge in [0.15, 0.2) is 0 Å². The van der Waals surface area contributed by atoms with Gasteiger partial charge in [-0.1, -0.05) is 23.5 Å². The molecule has 0 saturated heterocycles. The summed E-state index contributed by atoms with van der Waals surface area (Å²) in [6.45, 7) is 3.95. The molecule has 0 fully saturated rings. The van der Waals surface area contributed by atoms with E-state index in [9.17, 15) is 0 Å². The van der Waals surface area contributed by atoms with E-state index in [4.69, 9.17) is 0 Å². The third kappa shape index (κ3) is 3.45. The lowest BCUT2D eigenvalue weighted by molar-refractivity contribution is 1.02. The van der Waals surface area contributed by atoms with Crippen molar-refractivity contribution in [1.29, 1.82) is 0 Å². The fraction of sp³-hybridized carbons (Fsp3) is 0.250. The van der Waals surface area contributed by atoms with Crippen LogP contribution in [0.1, 0.15) is 10.6 Å². The van der Waals surface area contributed by atoms with Crippen LogP contribution in [0.2, 0.25) is 0 Å². The first-order chi connectivity index (χ1) is 11.0. The van der Waals surface area contributed by atoms with Gasteiger partial charge in [0.05, 0.1) is 0 Å². The molecule has 2 heterocycles. The molecule has 0 atom stereocenters. The molecule has 3 rings (SSSR count). The van der Waals surface area contributed by atoms with Crippen molar-refractivity contribution in [2.75, 3.05) is 24.3 Å². The Labute approximate surface area is 139 Å². The predicted molar refractivity (Wildman–Crippen MR) is 94.5 cm³/mol. The van der Waals surface area contributed by atoms with Crippen LogP contribution >= 0.6 is 11.3 Å². The summed E-state index contributed by atoms with van der Waals surface area (Å²) in [4.78, 5) is 10.9. The van der Waals surface area contributed by atoms with Crippen molar-refractivity contribution in [3.63, 3.8) is 0 Å². The first-order valence-electron chi connectivity index (χ1n) is 7.21. The minimum absolute atomic E-state index is 0.574. The summed E-state index contributed by atoms with van der Waals surface area (Å²) >= 11 is 1.58. The van der Waals surface area contributed by atoms with E-state index in [2.05, 4.69) is 25.5 Å². The second-order valence-electron chi connectivity index (χ2n) is 5.43. The Kier molecular flexibility index (Phi) is 4.20. The van der Waals surface area contributed by atoms with E-state index in [-0.39, 0.29) is 0 Å². The van der Waals surface area contributed by atoms with Gasteiger partial charge in [-0.2, -0.15) is 4.98 Å². The van der Waals surface area contributed by atoms with Crippen LogP contribution in [0.5, 0.6) is 0 Å². The zero-order chi connectivity index (χ0) is 16.4. The van der Waals surface area contributed by atoms with Gasteiger partial charge in [0.1, 0.15) is 15.8 Å². The lowest BCUT2D eigenvalue weighted by atomic mass is 10.2. The highest BCUT2D eigenvalue weighted by Gasteiger charge is 2.08. The van der Waals surface area contributed by atoms with Crippen molar-refractivity contribution < 1.29 is 0 Å². The van der Waals surface area contributed by atoms with Crippen molar-refractivity contribution in [1.82, 2.24) is 20.2 Å². The number of hydrogen-bond donors (Lipinski definition) is 1. The summed E-state index contributed by atoms with van der Waals surface area (Å²) in [5.74, 6) is 1.48. The second kappa shape index (κ2) is 6.29. The summed E-state index contributed by atoms with van der Waals surface area (Å²) in [5.41, 5.74) is 2.99. The number of benzene rings is 1. The molecule has 0 aliphatic rings. The second-order valence-corrected chi connectivity index (χ2v) is 6.61. The maximum absolute atomic E-state index is 4.55. The molecule has 0 aliphatic carbocycles. The van der Waals surface area contributed by atoms with E-state index < -0.39 is 0 Å². The third-order valence-corrected chi connectivity index (χ3v) is 4.15. The Bertz CT molecular complexity index is 827. The van der Waals surface area contributed by atoms with Crippen LogP contribution in [0.3, 0.4) is 0 Å². The first kappa shape index (κ1) is 15.4. The molecular weight excluding hydrogens is 308 g/mol. The fourth-order valence-electron chi connectivity index (χ4n) is 2.22. The highest BCUT2D eigenvalue weighted by Crippen LogP contribution is 2.26. The Balaban J connectivity index is 1.87. The molecule has 0 bridgehead atoms. The lowest BCUT2D eigenvalue weighted by Crippen LogP contribution is -2.13. The van der Waals surface area contributed by atoms with Crippen LogP contribution in [-0.2, 0) is 0 Å². The van der Waals surface area contributed by atoms with Crippen LogP contribution in [0, 0.1) is 13.8 Å². The summed E-state index contributed by atoms with van der Waals surface area (Å²) in [6.07, 6.45) is 1.82. The van der Waals surface area contributed by atoms with Gasteiger partial charge >= 0.3 is 0 Å². The molecule has 1 aromatic carbocycles. The summed E-state index contributed by atoms with van der Waals surface area (Å²) < 4.78 is 0. The van der Waals surface area contributed by atoms with Gasteiger partial charge in [-0.05, 0) is 26.0 Å². The molecule has 2 aromatic heterocycles. The van der Waals surface area contributed by atoms with E-state index in [1.54, 1.807) is 11.3 Å². The largest absolute Gasteiger partial charge is 0.362 e. The molecule has 0 aliphatic heterocycles. The number of nitrogens with zero attached hydrogens (tertiary/aromatic N) is 5. The number of hydrogen-bond acceptors (Lipinski definition) is 7. The topological polar surface area (TPSA) is 66.8 Å². The molecule has 23 heavy (non-hydrogen) atoms. The van der Waals surface area contributed by atoms with Crippen molar-refractivity contribution in [2.24, 2.45) is 0 Å². The number of rotatable bonds is 4. The van der Waals surface area contributed by atoms with Crippen LogP contribution in [0.15, 0.2) is 30.5 Å². The Morgan fingerprint density at radius 1 is 1.13 bits per heavy atom. The van der Waals surface area contributed by atoms with Gasteiger partial charge in [-0.3, -0.25) is 0 Å². The van der Waals surface area contributed by atoms with Gasteiger partial charge in [0.25, 0.3) is 0 Å². The molecule has 7 heteroatoms. The van der Waals surface area contributed by atoms with Gasteiger partial charge in [-0.15, -0.1) is 10.2 Å². The molecule has 0 radical (unpaired) electrons. The summed E-state index contributed by atoms with van der Waals surface area (Å²) in [6, 6.07) is 8.01. The fourth-order valence-corrected chi connectivity index (χ4v) is 2.91. The molecule has 0 saturated carbocycles. The number of nitrogens with one attached hydrogen (secondary N) is 1. The van der Waals surface area contributed by atoms with E-state index >= 15 is 0 Å². The molecule has 0 unspecified atom stereocenters. The predicted octanol–water partition coefficient (Wildman–Crippen LogP) is 3.42. The number of aromatic nitrogens is 4. The Morgan fingerprint density at radius 2 is 1.96 bits per heavy atom. The van der Waals surface area contributed by atoms with Gasteiger partial charge in [0.2, 0.25) is 5.95 Å². The smallest absolute Gasteiger partial charge is 0.229 e. The van der Waals surface area contributed by atoms with E-state index in [0.29, 0.717) is 5.95 Å². The summed E-state index contributed by atoms with van der Waals surface area (Å²) in [7, 11) is 3.94. The molecule has 118 valence electrons. The first-order valence-corrected chi connectivity index (χ1v) is 8.03. The standard InChI is InChI=1S/C16H18N6S/c1-10-9-17-16(19-14(10)22(3)4)18-13-7-5-6-12(8-13)15-21-20-11(2)23-15/h5-9H,1-4H3,(H,17,18,19). The minimum atomic E-state index is 0.574. The number of anilines is 3. The maximum Gasteiger partial charge on any atom is 0.229 e. The maximum atomic E-state index is 4.55. The van der Waals surface area contributed by atoms with Crippen LogP contribution in [-0.4, -0.2) is 34.3 Å². The zero-order valence-electron chi connectivity index (χ0n) is 13.5. The molecule has 0 amide bonds. The highest BCUT2D eigenvalue weighted by molar-refractivity contribution is 7.14. The van der Waals surface area contributed by atoms with Crippen molar-refractivity contribution in [3.8, 4) is 10.6 Å². The number of aryl methyl sites for hydroxylation is 2. The Morgan fingerprint density at radius 3 is 2.65 bits per heavy atom. The van der Waals surface area contributed by atoms with Gasteiger partial charge in [0, 0.05) is 37.1 Å². The van der Waals surface area contributed by atoms with Crippen molar-refractivity contribution in [2.45, 2.75) is 13.8 Å². The summed E-state index contributed by atoms with van der Waals surface area (Å²) in [5, 5.41) is 13.4. The van der Waals surface area contributed by atoms with E-state index in [0.717, 1.165) is 32.6 Å². The Hall–Kier alpha value is -2.54. The van der Waals surface area contributed by atoms with Crippen molar-refractivity contribution in [3.05, 3.63) is 41.0 Å². The molecule has 0 spiro atoms. The third-order valence-electron chi connectivity index (χ3n) is 3.26. The molecule has 1 N–H and O–H groups in total. The normalized spacial score (nSPS) is 10.6. The van der Waals surface area contributed by atoms with E-state index in [1.807, 2.05) is 63.3 Å². The molecular formula is C16H18N6S. The van der Waals surface area contributed by atoms with Crippen LogP contribution in [0.4, 0.5) is 17.5 Å². The molecule has 6 nitrogen and oxygen atoms in total. The average molecular weight is 326 g/mol.